The van der Waals surface area contributed by atoms with Crippen molar-refractivity contribution < 1.29 is 14.3 Å². The molecule has 118 valence electrons. The van der Waals surface area contributed by atoms with Crippen molar-refractivity contribution in [3.63, 3.8) is 0 Å². The topological polar surface area (TPSA) is 40.5 Å². The summed E-state index contributed by atoms with van der Waals surface area (Å²) in [4.78, 5) is 14.8. The molecule has 3 rings (SSSR count). The molecule has 0 radical (unpaired) electrons. The van der Waals surface area contributed by atoms with Crippen LogP contribution in [0.25, 0.3) is 0 Å². The molecule has 2 fully saturated rings. The molecule has 2 atom stereocenters. The Hall–Kier alpha value is -1.52. The Morgan fingerprint density at radius 1 is 1.36 bits per heavy atom. The molecule has 1 aromatic rings. The molecule has 0 bridgehead atoms. The van der Waals surface area contributed by atoms with Gasteiger partial charge in [-0.15, -0.1) is 0 Å². The van der Waals surface area contributed by atoms with E-state index in [1.807, 2.05) is 17.9 Å². The summed E-state index contributed by atoms with van der Waals surface area (Å²) >= 11 is 0. The number of allylic oxidation sites excluding steroid dienone is 1. The molecule has 22 heavy (non-hydrogen) atoms. The highest BCUT2D eigenvalue weighted by Crippen LogP contribution is 2.39. The standard InChI is InChI=1S/C18H22FNO2/c1-2-12-11-20(10-9-16(12)21)17(18(22)13-7-8-13)14-5-3-4-6-15(14)19/h2-6,13,16-17,21H,7-11H2,1H3. The fourth-order valence-electron chi connectivity index (χ4n) is 3.21. The lowest BCUT2D eigenvalue weighted by molar-refractivity contribution is -0.126. The van der Waals surface area contributed by atoms with E-state index in [0.717, 1.165) is 18.4 Å². The lowest BCUT2D eigenvalue weighted by Gasteiger charge is -2.37. The summed E-state index contributed by atoms with van der Waals surface area (Å²) in [5.74, 6) is -0.128. The summed E-state index contributed by atoms with van der Waals surface area (Å²) in [6.45, 7) is 3.02. The number of nitrogens with zero attached hydrogens (tertiary/aromatic N) is 1. The summed E-state index contributed by atoms with van der Waals surface area (Å²) in [5, 5.41) is 10.00. The molecular weight excluding hydrogens is 281 g/mol. The van der Waals surface area contributed by atoms with Gasteiger partial charge < -0.3 is 5.11 Å². The molecule has 1 saturated heterocycles. The number of hydrogen-bond acceptors (Lipinski definition) is 3. The molecule has 0 spiro atoms. The normalized spacial score (nSPS) is 26.1. The molecular formula is C18H22FNO2. The van der Waals surface area contributed by atoms with Crippen molar-refractivity contribution in [2.75, 3.05) is 13.1 Å². The number of aliphatic hydroxyl groups excluding tert-OH is 1. The summed E-state index contributed by atoms with van der Waals surface area (Å²) in [7, 11) is 0. The zero-order valence-corrected chi connectivity index (χ0v) is 12.8. The van der Waals surface area contributed by atoms with Gasteiger partial charge in [-0.05, 0) is 37.8 Å². The van der Waals surface area contributed by atoms with E-state index in [-0.39, 0.29) is 17.5 Å². The molecule has 3 nitrogen and oxygen atoms in total. The number of carbonyl (C=O) groups is 1. The number of ketones is 1. The average Bonchev–Trinajstić information content (AvgIpc) is 3.35. The maximum atomic E-state index is 14.3. The van der Waals surface area contributed by atoms with Crippen LogP contribution < -0.4 is 0 Å². The van der Waals surface area contributed by atoms with Crippen LogP contribution in [0.1, 0.15) is 37.8 Å². The summed E-state index contributed by atoms with van der Waals surface area (Å²) in [6, 6.07) is 6.02. The van der Waals surface area contributed by atoms with Gasteiger partial charge in [0, 0.05) is 24.6 Å². The molecule has 1 heterocycles. The highest BCUT2D eigenvalue weighted by molar-refractivity contribution is 5.89. The Morgan fingerprint density at radius 3 is 2.73 bits per heavy atom. The summed E-state index contributed by atoms with van der Waals surface area (Å²) in [6.07, 6.45) is 3.87. The van der Waals surface area contributed by atoms with Crippen molar-refractivity contribution in [3.05, 3.63) is 47.3 Å². The van der Waals surface area contributed by atoms with Gasteiger partial charge >= 0.3 is 0 Å². The number of halogens is 1. The van der Waals surface area contributed by atoms with Gasteiger partial charge in [0.2, 0.25) is 0 Å². The second-order valence-electron chi connectivity index (χ2n) is 6.24. The highest BCUT2D eigenvalue weighted by Gasteiger charge is 2.40. The van der Waals surface area contributed by atoms with Gasteiger partial charge in [-0.3, -0.25) is 9.69 Å². The minimum Gasteiger partial charge on any atom is -0.389 e. The van der Waals surface area contributed by atoms with Crippen LogP contribution in [0.2, 0.25) is 0 Å². The van der Waals surface area contributed by atoms with E-state index in [1.54, 1.807) is 18.2 Å². The van der Waals surface area contributed by atoms with E-state index in [0.29, 0.717) is 25.1 Å². The van der Waals surface area contributed by atoms with E-state index >= 15 is 0 Å². The third-order valence-electron chi connectivity index (χ3n) is 4.69. The van der Waals surface area contributed by atoms with Crippen molar-refractivity contribution in [2.45, 2.75) is 38.3 Å². The number of likely N-dealkylation sites (tertiary alicyclic amines) is 1. The molecule has 1 aliphatic carbocycles. The second kappa shape index (κ2) is 6.31. The maximum Gasteiger partial charge on any atom is 0.157 e. The van der Waals surface area contributed by atoms with Crippen LogP contribution in [-0.2, 0) is 4.79 Å². The van der Waals surface area contributed by atoms with Gasteiger partial charge in [0.05, 0.1) is 12.1 Å². The number of piperidine rings is 1. The molecule has 2 aliphatic rings. The second-order valence-corrected chi connectivity index (χ2v) is 6.24. The predicted octanol–water partition coefficient (Wildman–Crippen LogP) is 2.86. The molecule has 1 N–H and O–H groups in total. The third-order valence-corrected chi connectivity index (χ3v) is 4.69. The Balaban J connectivity index is 1.92. The average molecular weight is 303 g/mol. The molecule has 1 saturated carbocycles. The van der Waals surface area contributed by atoms with Gasteiger partial charge in [-0.25, -0.2) is 4.39 Å². The monoisotopic (exact) mass is 303 g/mol. The number of hydrogen-bond donors (Lipinski definition) is 1. The van der Waals surface area contributed by atoms with Gasteiger partial charge in [0.15, 0.2) is 5.78 Å². The number of aliphatic hydroxyl groups is 1. The van der Waals surface area contributed by atoms with E-state index < -0.39 is 12.1 Å². The minimum atomic E-state index is -0.531. The van der Waals surface area contributed by atoms with Gasteiger partial charge in [0.25, 0.3) is 0 Å². The first-order valence-electron chi connectivity index (χ1n) is 7.97. The fourth-order valence-corrected chi connectivity index (χ4v) is 3.21. The van der Waals surface area contributed by atoms with Crippen molar-refractivity contribution in [1.29, 1.82) is 0 Å². The SMILES string of the molecule is CC=C1CN(C(C(=O)C2CC2)c2ccccc2F)CCC1O. The van der Waals surface area contributed by atoms with Gasteiger partial charge in [-0.1, -0.05) is 24.3 Å². The van der Waals surface area contributed by atoms with Crippen LogP contribution in [0.3, 0.4) is 0 Å². The smallest absolute Gasteiger partial charge is 0.157 e. The Kier molecular flexibility index (Phi) is 4.41. The van der Waals surface area contributed by atoms with E-state index in [9.17, 15) is 14.3 Å². The molecule has 0 amide bonds. The number of carbonyl (C=O) groups excluding carboxylic acids is 1. The van der Waals surface area contributed by atoms with E-state index in [2.05, 4.69) is 0 Å². The fraction of sp³-hybridized carbons (Fsp3) is 0.500. The molecule has 2 unspecified atom stereocenters. The lowest BCUT2D eigenvalue weighted by Crippen LogP contribution is -2.43. The Labute approximate surface area is 130 Å². The largest absolute Gasteiger partial charge is 0.389 e. The molecule has 0 aromatic heterocycles. The van der Waals surface area contributed by atoms with Crippen molar-refractivity contribution in [1.82, 2.24) is 4.90 Å². The number of Topliss-reactive ketones (excluding diaryl/α,β-unsaturated/α-hetero) is 1. The summed E-state index contributed by atoms with van der Waals surface area (Å²) in [5.41, 5.74) is 1.38. The quantitative estimate of drug-likeness (QED) is 0.870. The Bertz CT molecular complexity index is 595. The van der Waals surface area contributed by atoms with Crippen LogP contribution in [0.4, 0.5) is 4.39 Å². The Morgan fingerprint density at radius 2 is 2.09 bits per heavy atom. The molecule has 4 heteroatoms. The number of benzene rings is 1. The third kappa shape index (κ3) is 2.99. The minimum absolute atomic E-state index is 0.0745. The first-order valence-corrected chi connectivity index (χ1v) is 7.97. The highest BCUT2D eigenvalue weighted by atomic mass is 19.1. The lowest BCUT2D eigenvalue weighted by atomic mass is 9.93. The van der Waals surface area contributed by atoms with Crippen molar-refractivity contribution in [2.24, 2.45) is 5.92 Å². The first-order chi connectivity index (χ1) is 10.6. The van der Waals surface area contributed by atoms with Crippen LogP contribution in [0.5, 0.6) is 0 Å². The van der Waals surface area contributed by atoms with Crippen LogP contribution >= 0.6 is 0 Å². The molecule has 1 aromatic carbocycles. The van der Waals surface area contributed by atoms with Crippen LogP contribution in [0, 0.1) is 11.7 Å². The molecule has 1 aliphatic heterocycles. The van der Waals surface area contributed by atoms with Gasteiger partial charge in [-0.2, -0.15) is 0 Å². The maximum absolute atomic E-state index is 14.3. The predicted molar refractivity (Wildman–Crippen MR) is 82.8 cm³/mol. The van der Waals surface area contributed by atoms with E-state index in [4.69, 9.17) is 0 Å². The summed E-state index contributed by atoms with van der Waals surface area (Å²) < 4.78 is 14.3. The first kappa shape index (κ1) is 15.4. The van der Waals surface area contributed by atoms with Crippen LogP contribution in [-0.4, -0.2) is 35.0 Å². The zero-order valence-electron chi connectivity index (χ0n) is 12.8. The zero-order chi connectivity index (χ0) is 15.7. The van der Waals surface area contributed by atoms with Crippen LogP contribution in [0.15, 0.2) is 35.9 Å². The number of rotatable bonds is 4. The van der Waals surface area contributed by atoms with Crippen molar-refractivity contribution >= 4 is 5.78 Å². The van der Waals surface area contributed by atoms with Crippen molar-refractivity contribution in [3.8, 4) is 0 Å². The van der Waals surface area contributed by atoms with E-state index in [1.165, 1.54) is 6.07 Å². The van der Waals surface area contributed by atoms with Gasteiger partial charge in [0.1, 0.15) is 5.82 Å².